The molecule has 0 aliphatic carbocycles. The van der Waals surface area contributed by atoms with E-state index in [9.17, 15) is 0 Å². The molecule has 0 saturated carbocycles. The number of rotatable bonds is 2. The summed E-state index contributed by atoms with van der Waals surface area (Å²) in [5, 5.41) is 8.24. The van der Waals surface area contributed by atoms with Crippen molar-refractivity contribution in [3.05, 3.63) is 23.4 Å². The van der Waals surface area contributed by atoms with Gasteiger partial charge in [0.25, 0.3) is 0 Å². The van der Waals surface area contributed by atoms with E-state index < -0.39 is 0 Å². The van der Waals surface area contributed by atoms with Gasteiger partial charge in [0, 0.05) is 24.2 Å². The van der Waals surface area contributed by atoms with Crippen molar-refractivity contribution in [2.45, 2.75) is 33.2 Å². The summed E-state index contributed by atoms with van der Waals surface area (Å²) in [5.74, 6) is 1.79. The Morgan fingerprint density at radius 3 is 2.80 bits per heavy atom. The van der Waals surface area contributed by atoms with Gasteiger partial charge in [-0.2, -0.15) is 0 Å². The summed E-state index contributed by atoms with van der Waals surface area (Å²) in [4.78, 5) is 4.38. The molecule has 0 amide bonds. The van der Waals surface area contributed by atoms with Crippen LogP contribution in [0, 0.1) is 13.8 Å². The molecule has 0 bridgehead atoms. The Morgan fingerprint density at radius 1 is 1.40 bits per heavy atom. The second-order valence-corrected chi connectivity index (χ2v) is 3.94. The first-order valence-corrected chi connectivity index (χ1v) is 5.02. The van der Waals surface area contributed by atoms with Gasteiger partial charge in [-0.25, -0.2) is 4.98 Å². The average Bonchev–Trinajstić information content (AvgIpc) is 2.46. The number of nitrogens with zero attached hydrogens (tertiary/aromatic N) is 4. The first-order chi connectivity index (χ1) is 7.08. The fraction of sp³-hybridized carbons (Fsp3) is 0.500. The summed E-state index contributed by atoms with van der Waals surface area (Å²) in [7, 11) is 0. The van der Waals surface area contributed by atoms with E-state index in [1.54, 1.807) is 0 Å². The zero-order chi connectivity index (χ0) is 11.0. The Hall–Kier alpha value is -1.49. The third-order valence-corrected chi connectivity index (χ3v) is 2.26. The standard InChI is InChI=1S/C10H15N5/c1-6(11)4-9-13-14-10-5-7(2)12-8(3)15(9)10/h5-6H,4,11H2,1-3H3. The van der Waals surface area contributed by atoms with Crippen molar-refractivity contribution >= 4 is 5.65 Å². The van der Waals surface area contributed by atoms with Gasteiger partial charge >= 0.3 is 0 Å². The summed E-state index contributed by atoms with van der Waals surface area (Å²) in [6, 6.07) is 2.00. The van der Waals surface area contributed by atoms with Crippen molar-refractivity contribution in [1.29, 1.82) is 0 Å². The third kappa shape index (κ3) is 1.83. The maximum absolute atomic E-state index is 5.75. The minimum Gasteiger partial charge on any atom is -0.328 e. The molecule has 0 radical (unpaired) electrons. The van der Waals surface area contributed by atoms with Gasteiger partial charge in [-0.1, -0.05) is 0 Å². The van der Waals surface area contributed by atoms with Crippen LogP contribution in [-0.2, 0) is 6.42 Å². The molecule has 0 aliphatic rings. The van der Waals surface area contributed by atoms with Gasteiger partial charge in [0.1, 0.15) is 11.6 Å². The number of fused-ring (bicyclic) bond motifs is 1. The fourth-order valence-electron chi connectivity index (χ4n) is 1.72. The van der Waals surface area contributed by atoms with E-state index in [4.69, 9.17) is 5.73 Å². The third-order valence-electron chi connectivity index (χ3n) is 2.26. The van der Waals surface area contributed by atoms with Gasteiger partial charge in [0.05, 0.1) is 0 Å². The number of aryl methyl sites for hydroxylation is 2. The molecule has 1 unspecified atom stereocenters. The van der Waals surface area contributed by atoms with E-state index in [0.29, 0.717) is 6.42 Å². The summed E-state index contributed by atoms with van der Waals surface area (Å²) >= 11 is 0. The smallest absolute Gasteiger partial charge is 0.164 e. The predicted molar refractivity (Wildman–Crippen MR) is 57.6 cm³/mol. The van der Waals surface area contributed by atoms with Gasteiger partial charge in [-0.05, 0) is 20.8 Å². The molecule has 5 nitrogen and oxygen atoms in total. The first kappa shape index (κ1) is 10.0. The number of hydrogen-bond donors (Lipinski definition) is 1. The zero-order valence-corrected chi connectivity index (χ0v) is 9.23. The minimum absolute atomic E-state index is 0.0816. The van der Waals surface area contributed by atoms with Crippen LogP contribution in [0.4, 0.5) is 0 Å². The van der Waals surface area contributed by atoms with Crippen LogP contribution in [0.1, 0.15) is 24.3 Å². The highest BCUT2D eigenvalue weighted by Gasteiger charge is 2.10. The molecule has 15 heavy (non-hydrogen) atoms. The summed E-state index contributed by atoms with van der Waals surface area (Å²) in [6.45, 7) is 5.86. The van der Waals surface area contributed by atoms with Crippen LogP contribution in [0.25, 0.3) is 5.65 Å². The monoisotopic (exact) mass is 205 g/mol. The Kier molecular flexibility index (Phi) is 2.40. The molecular formula is C10H15N5. The van der Waals surface area contributed by atoms with E-state index in [0.717, 1.165) is 23.0 Å². The van der Waals surface area contributed by atoms with Gasteiger partial charge < -0.3 is 5.73 Å². The second-order valence-electron chi connectivity index (χ2n) is 3.94. The van der Waals surface area contributed by atoms with Crippen LogP contribution >= 0.6 is 0 Å². The van der Waals surface area contributed by atoms with Crippen molar-refractivity contribution in [3.63, 3.8) is 0 Å². The predicted octanol–water partition coefficient (Wildman–Crippen LogP) is 0.631. The average molecular weight is 205 g/mol. The molecule has 0 spiro atoms. The van der Waals surface area contributed by atoms with E-state index >= 15 is 0 Å². The van der Waals surface area contributed by atoms with Crippen molar-refractivity contribution in [1.82, 2.24) is 19.6 Å². The van der Waals surface area contributed by atoms with Crippen LogP contribution < -0.4 is 5.73 Å². The molecular weight excluding hydrogens is 190 g/mol. The summed E-state index contributed by atoms with van der Waals surface area (Å²) in [6.07, 6.45) is 0.715. The molecule has 0 aromatic carbocycles. The van der Waals surface area contributed by atoms with Gasteiger partial charge in [0.2, 0.25) is 0 Å². The Morgan fingerprint density at radius 2 is 2.13 bits per heavy atom. The molecule has 2 heterocycles. The second kappa shape index (κ2) is 3.58. The maximum Gasteiger partial charge on any atom is 0.164 e. The Labute approximate surface area is 88.3 Å². The molecule has 0 saturated heterocycles. The Bertz CT molecular complexity index is 486. The summed E-state index contributed by atoms with van der Waals surface area (Å²) in [5.41, 5.74) is 7.55. The maximum atomic E-state index is 5.75. The quantitative estimate of drug-likeness (QED) is 0.780. The Balaban J connectivity index is 2.58. The number of aromatic nitrogens is 4. The molecule has 0 fully saturated rings. The molecule has 2 aromatic rings. The molecule has 2 rings (SSSR count). The van der Waals surface area contributed by atoms with Crippen molar-refractivity contribution in [3.8, 4) is 0 Å². The fourth-order valence-corrected chi connectivity index (χ4v) is 1.72. The largest absolute Gasteiger partial charge is 0.328 e. The summed E-state index contributed by atoms with van der Waals surface area (Å²) < 4.78 is 1.95. The van der Waals surface area contributed by atoms with E-state index in [1.165, 1.54) is 0 Å². The number of nitrogens with two attached hydrogens (primary N) is 1. The highest BCUT2D eigenvalue weighted by Crippen LogP contribution is 2.09. The highest BCUT2D eigenvalue weighted by molar-refractivity contribution is 5.39. The molecule has 80 valence electrons. The van der Waals surface area contributed by atoms with E-state index in [1.807, 2.05) is 31.2 Å². The minimum atomic E-state index is 0.0816. The van der Waals surface area contributed by atoms with Crippen molar-refractivity contribution < 1.29 is 0 Å². The van der Waals surface area contributed by atoms with Crippen LogP contribution in [0.2, 0.25) is 0 Å². The highest BCUT2D eigenvalue weighted by atomic mass is 15.3. The topological polar surface area (TPSA) is 69.1 Å². The molecule has 1 atom stereocenters. The normalized spacial score (nSPS) is 13.3. The molecule has 0 aliphatic heterocycles. The molecule has 2 aromatic heterocycles. The van der Waals surface area contributed by atoms with Crippen molar-refractivity contribution in [2.75, 3.05) is 0 Å². The lowest BCUT2D eigenvalue weighted by Crippen LogP contribution is -2.20. The SMILES string of the molecule is Cc1cc2nnc(CC(C)N)n2c(C)n1. The van der Waals surface area contributed by atoms with Gasteiger partial charge in [0.15, 0.2) is 5.65 Å². The van der Waals surface area contributed by atoms with Crippen LogP contribution in [0.15, 0.2) is 6.07 Å². The van der Waals surface area contributed by atoms with Gasteiger partial charge in [-0.15, -0.1) is 10.2 Å². The molecule has 2 N–H and O–H groups in total. The molecule has 5 heteroatoms. The van der Waals surface area contributed by atoms with Crippen LogP contribution in [-0.4, -0.2) is 25.6 Å². The lowest BCUT2D eigenvalue weighted by atomic mass is 10.2. The lowest BCUT2D eigenvalue weighted by molar-refractivity contribution is 0.688. The van der Waals surface area contributed by atoms with Gasteiger partial charge in [-0.3, -0.25) is 4.40 Å². The zero-order valence-electron chi connectivity index (χ0n) is 9.23. The van der Waals surface area contributed by atoms with Crippen LogP contribution in [0.5, 0.6) is 0 Å². The van der Waals surface area contributed by atoms with Crippen molar-refractivity contribution in [2.24, 2.45) is 5.73 Å². The lowest BCUT2D eigenvalue weighted by Gasteiger charge is -2.05. The van der Waals surface area contributed by atoms with E-state index in [2.05, 4.69) is 15.2 Å². The number of hydrogen-bond acceptors (Lipinski definition) is 4. The first-order valence-electron chi connectivity index (χ1n) is 5.02. The van der Waals surface area contributed by atoms with E-state index in [-0.39, 0.29) is 6.04 Å². The van der Waals surface area contributed by atoms with Crippen LogP contribution in [0.3, 0.4) is 0 Å².